The minimum absolute atomic E-state index is 0.195. The van der Waals surface area contributed by atoms with Crippen molar-refractivity contribution in [3.8, 4) is 0 Å². The van der Waals surface area contributed by atoms with Crippen LogP contribution in [0.15, 0.2) is 0 Å². The highest BCUT2D eigenvalue weighted by Gasteiger charge is 2.34. The van der Waals surface area contributed by atoms with E-state index in [1.165, 1.54) is 25.7 Å². The van der Waals surface area contributed by atoms with Crippen LogP contribution in [-0.4, -0.2) is 61.5 Å². The van der Waals surface area contributed by atoms with Crippen LogP contribution in [0.25, 0.3) is 0 Å². The predicted molar refractivity (Wildman–Crippen MR) is 63.5 cm³/mol. The van der Waals surface area contributed by atoms with Crippen molar-refractivity contribution in [2.75, 3.05) is 33.4 Å². The fourth-order valence-electron chi connectivity index (χ4n) is 2.93. The summed E-state index contributed by atoms with van der Waals surface area (Å²) in [5.41, 5.74) is 0. The van der Waals surface area contributed by atoms with Crippen LogP contribution in [-0.2, 0) is 4.74 Å². The van der Waals surface area contributed by atoms with Crippen LogP contribution >= 0.6 is 0 Å². The first kappa shape index (κ1) is 12.3. The van der Waals surface area contributed by atoms with Crippen LogP contribution in [0.3, 0.4) is 0 Å². The molecular formula is C12H24N2O2. The van der Waals surface area contributed by atoms with Crippen molar-refractivity contribution in [1.82, 2.24) is 10.2 Å². The van der Waals surface area contributed by atoms with Crippen LogP contribution in [0.5, 0.6) is 0 Å². The van der Waals surface area contributed by atoms with Gasteiger partial charge < -0.3 is 15.2 Å². The number of hydrogen-bond donors (Lipinski definition) is 2. The fraction of sp³-hybridized carbons (Fsp3) is 1.00. The first-order chi connectivity index (χ1) is 7.85. The molecule has 94 valence electrons. The quantitative estimate of drug-likeness (QED) is 0.722. The summed E-state index contributed by atoms with van der Waals surface area (Å²) < 4.78 is 5.84. The molecule has 2 aliphatic rings. The maximum absolute atomic E-state index is 9.23. The van der Waals surface area contributed by atoms with Gasteiger partial charge in [-0.2, -0.15) is 0 Å². The molecule has 0 amide bonds. The molecule has 2 fully saturated rings. The number of rotatable bonds is 4. The number of likely N-dealkylation sites (N-methyl/N-ethyl adjacent to an activating group) is 1. The van der Waals surface area contributed by atoms with E-state index in [2.05, 4.69) is 10.2 Å². The van der Waals surface area contributed by atoms with Crippen molar-refractivity contribution in [2.45, 2.75) is 43.9 Å². The third-order valence-electron chi connectivity index (χ3n) is 3.93. The van der Waals surface area contributed by atoms with Gasteiger partial charge in [0, 0.05) is 25.2 Å². The van der Waals surface area contributed by atoms with Gasteiger partial charge in [0.15, 0.2) is 0 Å². The molecule has 4 heteroatoms. The molecule has 4 nitrogen and oxygen atoms in total. The van der Waals surface area contributed by atoms with Crippen molar-refractivity contribution in [1.29, 1.82) is 0 Å². The molecule has 0 aromatic carbocycles. The summed E-state index contributed by atoms with van der Waals surface area (Å²) in [4.78, 5) is 2.50. The van der Waals surface area contributed by atoms with Crippen molar-refractivity contribution in [2.24, 2.45) is 0 Å². The second kappa shape index (κ2) is 5.96. The molecule has 3 atom stereocenters. The standard InChI is InChI=1S/C12H24N2O2/c1-13-10(9-15)8-14-6-7-16-12-5-3-2-4-11(12)14/h10-13,15H,2-9H2,1H3. The van der Waals surface area contributed by atoms with Crippen molar-refractivity contribution < 1.29 is 9.84 Å². The third-order valence-corrected chi connectivity index (χ3v) is 3.93. The Bertz CT molecular complexity index is 207. The summed E-state index contributed by atoms with van der Waals surface area (Å²) in [5, 5.41) is 12.4. The van der Waals surface area contributed by atoms with Gasteiger partial charge in [-0.15, -0.1) is 0 Å². The Balaban J connectivity index is 1.91. The molecule has 1 saturated heterocycles. The zero-order valence-electron chi connectivity index (χ0n) is 10.2. The summed E-state index contributed by atoms with van der Waals surface area (Å²) in [5.74, 6) is 0. The Kier molecular flexibility index (Phi) is 4.58. The SMILES string of the molecule is CNC(CO)CN1CCOC2CCCCC21. The minimum atomic E-state index is 0.195. The maximum atomic E-state index is 9.23. The van der Waals surface area contributed by atoms with Crippen molar-refractivity contribution >= 4 is 0 Å². The molecule has 0 bridgehead atoms. The molecule has 3 unspecified atom stereocenters. The monoisotopic (exact) mass is 228 g/mol. The summed E-state index contributed by atoms with van der Waals surface area (Å²) in [6.45, 7) is 3.02. The van der Waals surface area contributed by atoms with E-state index < -0.39 is 0 Å². The van der Waals surface area contributed by atoms with Gasteiger partial charge in [0.05, 0.1) is 19.3 Å². The zero-order chi connectivity index (χ0) is 11.4. The van der Waals surface area contributed by atoms with Gasteiger partial charge >= 0.3 is 0 Å². The van der Waals surface area contributed by atoms with Gasteiger partial charge in [-0.3, -0.25) is 4.90 Å². The van der Waals surface area contributed by atoms with Gasteiger partial charge in [0.1, 0.15) is 0 Å². The first-order valence-corrected chi connectivity index (χ1v) is 6.49. The summed E-state index contributed by atoms with van der Waals surface area (Å²) >= 11 is 0. The highest BCUT2D eigenvalue weighted by molar-refractivity contribution is 4.88. The summed E-state index contributed by atoms with van der Waals surface area (Å²) in [7, 11) is 1.92. The first-order valence-electron chi connectivity index (χ1n) is 6.49. The van der Waals surface area contributed by atoms with Gasteiger partial charge in [-0.25, -0.2) is 0 Å². The van der Waals surface area contributed by atoms with Gasteiger partial charge in [-0.05, 0) is 19.9 Å². The smallest absolute Gasteiger partial charge is 0.0730 e. The average Bonchev–Trinajstić information content (AvgIpc) is 2.36. The molecule has 0 radical (unpaired) electrons. The number of aliphatic hydroxyl groups excluding tert-OH is 1. The van der Waals surface area contributed by atoms with E-state index in [0.717, 1.165) is 19.7 Å². The number of aliphatic hydroxyl groups is 1. The van der Waals surface area contributed by atoms with Gasteiger partial charge in [-0.1, -0.05) is 12.8 Å². The lowest BCUT2D eigenvalue weighted by atomic mass is 9.90. The lowest BCUT2D eigenvalue weighted by molar-refractivity contribution is -0.0911. The Morgan fingerprint density at radius 2 is 2.25 bits per heavy atom. The number of ether oxygens (including phenoxy) is 1. The highest BCUT2D eigenvalue weighted by atomic mass is 16.5. The fourth-order valence-corrected chi connectivity index (χ4v) is 2.93. The van der Waals surface area contributed by atoms with Crippen LogP contribution in [0.1, 0.15) is 25.7 Å². The van der Waals surface area contributed by atoms with Crippen molar-refractivity contribution in [3.63, 3.8) is 0 Å². The Hall–Kier alpha value is -0.160. The van der Waals surface area contributed by atoms with Crippen LogP contribution in [0.2, 0.25) is 0 Å². The molecule has 16 heavy (non-hydrogen) atoms. The molecule has 2 N–H and O–H groups in total. The zero-order valence-corrected chi connectivity index (χ0v) is 10.2. The average molecular weight is 228 g/mol. The van der Waals surface area contributed by atoms with Crippen LogP contribution in [0.4, 0.5) is 0 Å². The Labute approximate surface area is 98.0 Å². The third kappa shape index (κ3) is 2.74. The summed E-state index contributed by atoms with van der Waals surface area (Å²) in [6, 6.07) is 0.783. The Morgan fingerprint density at radius 1 is 1.44 bits per heavy atom. The van der Waals surface area contributed by atoms with Gasteiger partial charge in [0.2, 0.25) is 0 Å². The lowest BCUT2D eigenvalue weighted by Gasteiger charge is -2.44. The number of nitrogens with zero attached hydrogens (tertiary/aromatic N) is 1. The van der Waals surface area contributed by atoms with Crippen LogP contribution in [0, 0.1) is 0 Å². The molecular weight excluding hydrogens is 204 g/mol. The van der Waals surface area contributed by atoms with E-state index in [9.17, 15) is 5.11 Å². The number of fused-ring (bicyclic) bond motifs is 1. The minimum Gasteiger partial charge on any atom is -0.395 e. The molecule has 1 saturated carbocycles. The molecule has 1 aliphatic carbocycles. The molecule has 0 spiro atoms. The van der Waals surface area contributed by atoms with E-state index >= 15 is 0 Å². The van der Waals surface area contributed by atoms with Gasteiger partial charge in [0.25, 0.3) is 0 Å². The second-order valence-corrected chi connectivity index (χ2v) is 4.92. The highest BCUT2D eigenvalue weighted by Crippen LogP contribution is 2.28. The molecule has 0 aromatic rings. The number of hydrogen-bond acceptors (Lipinski definition) is 4. The van der Waals surface area contributed by atoms with E-state index in [-0.39, 0.29) is 12.6 Å². The number of nitrogens with one attached hydrogen (secondary N) is 1. The molecule has 2 rings (SSSR count). The van der Waals surface area contributed by atoms with E-state index in [1.807, 2.05) is 7.05 Å². The largest absolute Gasteiger partial charge is 0.395 e. The second-order valence-electron chi connectivity index (χ2n) is 4.92. The van der Waals surface area contributed by atoms with Crippen molar-refractivity contribution in [3.05, 3.63) is 0 Å². The molecule has 1 aliphatic heterocycles. The Morgan fingerprint density at radius 3 is 3.00 bits per heavy atom. The normalized spacial score (nSPS) is 33.4. The number of morpholine rings is 1. The topological polar surface area (TPSA) is 44.7 Å². The van der Waals surface area contributed by atoms with E-state index in [1.54, 1.807) is 0 Å². The van der Waals surface area contributed by atoms with E-state index in [4.69, 9.17) is 4.74 Å². The predicted octanol–water partition coefficient (Wildman–Crippen LogP) is 0.210. The molecule has 0 aromatic heterocycles. The maximum Gasteiger partial charge on any atom is 0.0730 e. The summed E-state index contributed by atoms with van der Waals surface area (Å²) in [6.07, 6.45) is 5.55. The lowest BCUT2D eigenvalue weighted by Crippen LogP contribution is -2.56. The molecule has 1 heterocycles. The van der Waals surface area contributed by atoms with Crippen LogP contribution < -0.4 is 5.32 Å². The van der Waals surface area contributed by atoms with E-state index in [0.29, 0.717) is 12.1 Å².